The van der Waals surface area contributed by atoms with Crippen LogP contribution in [0.15, 0.2) is 47.5 Å². The fourth-order valence-electron chi connectivity index (χ4n) is 3.02. The van der Waals surface area contributed by atoms with Crippen molar-refractivity contribution in [2.24, 2.45) is 12.0 Å². The molecule has 0 unspecified atom stereocenters. The Morgan fingerprint density at radius 3 is 2.52 bits per heavy atom. The van der Waals surface area contributed by atoms with Gasteiger partial charge in [0.05, 0.1) is 17.6 Å². The molecule has 3 rings (SSSR count). The Labute approximate surface area is 195 Å². The summed E-state index contributed by atoms with van der Waals surface area (Å²) in [7, 11) is 3.57. The van der Waals surface area contributed by atoms with Crippen molar-refractivity contribution in [3.05, 3.63) is 59.4 Å². The van der Waals surface area contributed by atoms with Gasteiger partial charge < -0.3 is 19.9 Å². The van der Waals surface area contributed by atoms with Crippen LogP contribution in [-0.4, -0.2) is 35.3 Å². The fourth-order valence-corrected chi connectivity index (χ4v) is 3.02. The third-order valence-electron chi connectivity index (χ3n) is 4.58. The van der Waals surface area contributed by atoms with Crippen LogP contribution in [0.4, 0.5) is 13.2 Å². The topological polar surface area (TPSA) is 63.5 Å². The third-order valence-corrected chi connectivity index (χ3v) is 4.58. The van der Waals surface area contributed by atoms with Crippen molar-refractivity contribution in [1.29, 1.82) is 0 Å². The van der Waals surface area contributed by atoms with Crippen LogP contribution in [0.2, 0.25) is 0 Å². The van der Waals surface area contributed by atoms with Crippen molar-refractivity contribution >= 4 is 41.0 Å². The second kappa shape index (κ2) is 10.7. The number of hydrogen-bond acceptors (Lipinski definition) is 3. The highest BCUT2D eigenvalue weighted by molar-refractivity contribution is 14.0. The molecule has 2 aromatic carbocycles. The quantitative estimate of drug-likeness (QED) is 0.275. The van der Waals surface area contributed by atoms with E-state index in [0.29, 0.717) is 18.1 Å². The Morgan fingerprint density at radius 1 is 1.13 bits per heavy atom. The molecule has 2 N–H and O–H groups in total. The Balaban J connectivity index is 0.00000341. The molecule has 0 saturated heterocycles. The zero-order chi connectivity index (χ0) is 21.7. The lowest BCUT2D eigenvalue weighted by Crippen LogP contribution is -2.37. The molecule has 31 heavy (non-hydrogen) atoms. The molecule has 1 aromatic heterocycles. The van der Waals surface area contributed by atoms with Gasteiger partial charge in [0.25, 0.3) is 0 Å². The molecule has 10 heteroatoms. The molecule has 0 bridgehead atoms. The van der Waals surface area contributed by atoms with Crippen molar-refractivity contribution < 1.29 is 17.9 Å². The highest BCUT2D eigenvalue weighted by Crippen LogP contribution is 2.23. The summed E-state index contributed by atoms with van der Waals surface area (Å²) < 4.78 is 44.6. The van der Waals surface area contributed by atoms with Crippen molar-refractivity contribution in [2.75, 3.05) is 13.7 Å². The molecule has 168 valence electrons. The number of nitrogens with one attached hydrogen (secondary N) is 2. The molecular formula is C21H25F3IN5O. The molecular weight excluding hydrogens is 522 g/mol. The predicted octanol–water partition coefficient (Wildman–Crippen LogP) is 4.31. The minimum atomic E-state index is -4.39. The Kier molecular flexibility index (Phi) is 8.54. The molecule has 0 aliphatic carbocycles. The summed E-state index contributed by atoms with van der Waals surface area (Å²) in [4.78, 5) is 8.77. The summed E-state index contributed by atoms with van der Waals surface area (Å²) in [5.41, 5.74) is 3.37. The molecule has 0 fully saturated rings. The van der Waals surface area contributed by atoms with Gasteiger partial charge in [-0.1, -0.05) is 24.3 Å². The van der Waals surface area contributed by atoms with Gasteiger partial charge in [0.15, 0.2) is 12.6 Å². The van der Waals surface area contributed by atoms with E-state index in [1.165, 1.54) is 0 Å². The van der Waals surface area contributed by atoms with Crippen LogP contribution >= 0.6 is 24.0 Å². The van der Waals surface area contributed by atoms with Crippen molar-refractivity contribution in [2.45, 2.75) is 26.2 Å². The summed E-state index contributed by atoms with van der Waals surface area (Å²) in [5, 5.41) is 6.29. The van der Waals surface area contributed by atoms with E-state index in [0.717, 1.165) is 22.4 Å². The van der Waals surface area contributed by atoms with Gasteiger partial charge >= 0.3 is 6.18 Å². The minimum absolute atomic E-state index is 0. The maximum absolute atomic E-state index is 12.5. The number of imidazole rings is 1. The van der Waals surface area contributed by atoms with Crippen LogP contribution < -0.4 is 15.4 Å². The van der Waals surface area contributed by atoms with Gasteiger partial charge in [-0.3, -0.25) is 4.99 Å². The van der Waals surface area contributed by atoms with Gasteiger partial charge in [0.2, 0.25) is 0 Å². The molecule has 0 radical (unpaired) electrons. The number of guanidine groups is 1. The highest BCUT2D eigenvalue weighted by Gasteiger charge is 2.28. The van der Waals surface area contributed by atoms with Crippen molar-refractivity contribution in [3.8, 4) is 5.75 Å². The lowest BCUT2D eigenvalue weighted by Gasteiger charge is -2.16. The highest BCUT2D eigenvalue weighted by atomic mass is 127. The van der Waals surface area contributed by atoms with E-state index in [-0.39, 0.29) is 36.3 Å². The number of ether oxygens (including phenoxy) is 1. The number of rotatable bonds is 6. The van der Waals surface area contributed by atoms with Crippen LogP contribution in [-0.2, 0) is 20.1 Å². The average molecular weight is 547 g/mol. The second-order valence-corrected chi connectivity index (χ2v) is 6.87. The molecule has 0 amide bonds. The SMILES string of the molecule is CN=C(NCc1ccc(C)cc1OCC(F)(F)F)NCc1nc2ccccc2n1C.I. The van der Waals surface area contributed by atoms with Gasteiger partial charge in [0.1, 0.15) is 11.6 Å². The number of benzene rings is 2. The minimum Gasteiger partial charge on any atom is -0.484 e. The van der Waals surface area contributed by atoms with E-state index in [2.05, 4.69) is 20.6 Å². The lowest BCUT2D eigenvalue weighted by molar-refractivity contribution is -0.153. The van der Waals surface area contributed by atoms with Gasteiger partial charge in [-0.2, -0.15) is 13.2 Å². The van der Waals surface area contributed by atoms with E-state index >= 15 is 0 Å². The molecule has 0 atom stereocenters. The Bertz CT molecular complexity index is 1050. The molecule has 0 spiro atoms. The van der Waals surface area contributed by atoms with E-state index in [9.17, 15) is 13.2 Å². The number of nitrogens with zero attached hydrogens (tertiary/aromatic N) is 3. The third kappa shape index (κ3) is 6.74. The van der Waals surface area contributed by atoms with Gasteiger partial charge in [-0.05, 0) is 30.7 Å². The first-order valence-corrected chi connectivity index (χ1v) is 9.41. The first-order valence-electron chi connectivity index (χ1n) is 9.41. The number of alkyl halides is 3. The zero-order valence-corrected chi connectivity index (χ0v) is 19.8. The van der Waals surface area contributed by atoms with Crippen LogP contribution in [0, 0.1) is 6.92 Å². The number of halogens is 4. The van der Waals surface area contributed by atoms with Gasteiger partial charge in [-0.25, -0.2) is 4.98 Å². The van der Waals surface area contributed by atoms with E-state index < -0.39 is 12.8 Å². The number of fused-ring (bicyclic) bond motifs is 1. The summed E-state index contributed by atoms with van der Waals surface area (Å²) in [6, 6.07) is 13.0. The van der Waals surface area contributed by atoms with E-state index in [1.807, 2.05) is 41.9 Å². The van der Waals surface area contributed by atoms with Crippen LogP contribution in [0.1, 0.15) is 17.0 Å². The van der Waals surface area contributed by atoms with Crippen LogP contribution in [0.25, 0.3) is 11.0 Å². The van der Waals surface area contributed by atoms with Gasteiger partial charge in [0, 0.05) is 26.2 Å². The van der Waals surface area contributed by atoms with E-state index in [1.54, 1.807) is 26.1 Å². The summed E-state index contributed by atoms with van der Waals surface area (Å²) in [6.45, 7) is 1.17. The van der Waals surface area contributed by atoms with Gasteiger partial charge in [-0.15, -0.1) is 24.0 Å². The molecule has 6 nitrogen and oxygen atoms in total. The van der Waals surface area contributed by atoms with Crippen LogP contribution in [0.5, 0.6) is 5.75 Å². The summed E-state index contributed by atoms with van der Waals surface area (Å²) in [6.07, 6.45) is -4.39. The Morgan fingerprint density at radius 2 is 1.84 bits per heavy atom. The number of aromatic nitrogens is 2. The lowest BCUT2D eigenvalue weighted by atomic mass is 10.1. The van der Waals surface area contributed by atoms with Crippen molar-refractivity contribution in [3.63, 3.8) is 0 Å². The predicted molar refractivity (Wildman–Crippen MR) is 126 cm³/mol. The molecule has 0 saturated carbocycles. The first-order chi connectivity index (χ1) is 14.3. The molecule has 3 aromatic rings. The number of para-hydroxylation sites is 2. The fraction of sp³-hybridized carbons (Fsp3) is 0.333. The van der Waals surface area contributed by atoms with Crippen LogP contribution in [0.3, 0.4) is 0 Å². The summed E-state index contributed by atoms with van der Waals surface area (Å²) in [5.74, 6) is 1.54. The second-order valence-electron chi connectivity index (χ2n) is 6.87. The monoisotopic (exact) mass is 547 g/mol. The molecule has 1 heterocycles. The maximum atomic E-state index is 12.5. The number of aliphatic imine (C=N–C) groups is 1. The zero-order valence-electron chi connectivity index (χ0n) is 17.5. The smallest absolute Gasteiger partial charge is 0.422 e. The standard InChI is InChI=1S/C21H24F3N5O.HI/c1-14-8-9-15(18(10-14)30-13-21(22,23)24)11-26-20(25-2)27-12-19-28-16-6-4-5-7-17(16)29(19)3;/h4-10H,11-13H2,1-3H3,(H2,25,26,27);1H. The first kappa shape index (κ1) is 24.8. The Hall–Kier alpha value is -2.50. The number of aryl methyl sites for hydroxylation is 2. The normalized spacial score (nSPS) is 11.9. The summed E-state index contributed by atoms with van der Waals surface area (Å²) >= 11 is 0. The van der Waals surface area contributed by atoms with E-state index in [4.69, 9.17) is 4.74 Å². The maximum Gasteiger partial charge on any atom is 0.422 e. The molecule has 0 aliphatic rings. The number of hydrogen-bond donors (Lipinski definition) is 2. The average Bonchev–Trinajstić information content (AvgIpc) is 3.03. The molecule has 0 aliphatic heterocycles. The van der Waals surface area contributed by atoms with Crippen molar-refractivity contribution in [1.82, 2.24) is 20.2 Å². The largest absolute Gasteiger partial charge is 0.484 e.